The number of aliphatic hydroxyl groups is 1. The fraction of sp³-hybridized carbons (Fsp3) is 0.118. The number of hydrogen-bond acceptors (Lipinski definition) is 3. The molecule has 4 heteroatoms. The summed E-state index contributed by atoms with van der Waals surface area (Å²) < 4.78 is 5.35. The number of fused-ring (bicyclic) bond motifs is 1. The Hall–Kier alpha value is -2.59. The van der Waals surface area contributed by atoms with Crippen molar-refractivity contribution in [3.8, 4) is 0 Å². The van der Waals surface area contributed by atoms with Crippen molar-refractivity contribution < 1.29 is 14.6 Å². The van der Waals surface area contributed by atoms with Gasteiger partial charge in [-0.15, -0.1) is 0 Å². The first-order valence-corrected chi connectivity index (χ1v) is 6.70. The highest BCUT2D eigenvalue weighted by Crippen LogP contribution is 2.21. The number of ether oxygens (including phenoxy) is 1. The molecule has 0 aliphatic heterocycles. The number of carbonyl (C=O) groups excluding carboxylic acids is 1. The molecule has 106 valence electrons. The average Bonchev–Trinajstić information content (AvgIpc) is 2.96. The van der Waals surface area contributed by atoms with Crippen molar-refractivity contribution in [2.75, 3.05) is 0 Å². The smallest absolute Gasteiger partial charge is 0.339 e. The van der Waals surface area contributed by atoms with Crippen LogP contribution in [0.15, 0.2) is 54.6 Å². The van der Waals surface area contributed by atoms with Gasteiger partial charge in [-0.2, -0.15) is 0 Å². The summed E-state index contributed by atoms with van der Waals surface area (Å²) in [6, 6.07) is 16.7. The van der Waals surface area contributed by atoms with Gasteiger partial charge in [-0.05, 0) is 23.8 Å². The second kappa shape index (κ2) is 5.81. The van der Waals surface area contributed by atoms with Gasteiger partial charge in [-0.25, -0.2) is 4.79 Å². The molecule has 4 nitrogen and oxygen atoms in total. The zero-order valence-corrected chi connectivity index (χ0v) is 11.4. The Kier molecular flexibility index (Phi) is 3.71. The molecule has 0 saturated carbocycles. The van der Waals surface area contributed by atoms with Crippen LogP contribution in [0.5, 0.6) is 0 Å². The van der Waals surface area contributed by atoms with Gasteiger partial charge in [0.1, 0.15) is 6.61 Å². The van der Waals surface area contributed by atoms with Crippen molar-refractivity contribution >= 4 is 16.9 Å². The van der Waals surface area contributed by atoms with E-state index in [1.165, 1.54) is 0 Å². The second-order valence-electron chi connectivity index (χ2n) is 4.78. The zero-order valence-electron chi connectivity index (χ0n) is 11.4. The van der Waals surface area contributed by atoms with Crippen molar-refractivity contribution in [2.24, 2.45) is 0 Å². The Morgan fingerprint density at radius 2 is 1.90 bits per heavy atom. The van der Waals surface area contributed by atoms with E-state index in [9.17, 15) is 9.90 Å². The first-order valence-electron chi connectivity index (χ1n) is 6.70. The van der Waals surface area contributed by atoms with Crippen molar-refractivity contribution in [3.63, 3.8) is 0 Å². The zero-order chi connectivity index (χ0) is 14.7. The van der Waals surface area contributed by atoms with Gasteiger partial charge < -0.3 is 14.8 Å². The van der Waals surface area contributed by atoms with Crippen LogP contribution < -0.4 is 0 Å². The van der Waals surface area contributed by atoms with Crippen LogP contribution in [-0.2, 0) is 18.0 Å². The molecular formula is C17H15NO3. The van der Waals surface area contributed by atoms with Crippen molar-refractivity contribution in [1.82, 2.24) is 4.98 Å². The van der Waals surface area contributed by atoms with E-state index in [0.717, 1.165) is 16.5 Å². The molecule has 0 aliphatic rings. The van der Waals surface area contributed by atoms with Crippen LogP contribution in [0.1, 0.15) is 21.6 Å². The molecule has 2 N–H and O–H groups in total. The lowest BCUT2D eigenvalue weighted by atomic mass is 10.1. The highest BCUT2D eigenvalue weighted by molar-refractivity contribution is 6.03. The molecule has 1 aromatic heterocycles. The monoisotopic (exact) mass is 281 g/mol. The second-order valence-corrected chi connectivity index (χ2v) is 4.78. The summed E-state index contributed by atoms with van der Waals surface area (Å²) >= 11 is 0. The fourth-order valence-electron chi connectivity index (χ4n) is 2.28. The number of aromatic nitrogens is 1. The summed E-state index contributed by atoms with van der Waals surface area (Å²) in [5.74, 6) is -0.368. The molecule has 1 heterocycles. The Morgan fingerprint density at radius 1 is 1.10 bits per heavy atom. The Morgan fingerprint density at radius 3 is 2.67 bits per heavy atom. The predicted molar refractivity (Wildman–Crippen MR) is 79.8 cm³/mol. The number of aromatic amines is 1. The Labute approximate surface area is 122 Å². The topological polar surface area (TPSA) is 62.3 Å². The number of carbonyl (C=O) groups is 1. The van der Waals surface area contributed by atoms with Gasteiger partial charge in [0.2, 0.25) is 0 Å². The standard InChI is InChI=1S/C17H15NO3/c19-10-13-9-15-14(7-4-8-16(15)18-13)17(20)21-11-12-5-2-1-3-6-12/h1-9,18-19H,10-11H2. The summed E-state index contributed by atoms with van der Waals surface area (Å²) in [7, 11) is 0. The summed E-state index contributed by atoms with van der Waals surface area (Å²) in [5, 5.41) is 9.94. The van der Waals surface area contributed by atoms with E-state index in [4.69, 9.17) is 4.74 Å². The third kappa shape index (κ3) is 2.80. The summed E-state index contributed by atoms with van der Waals surface area (Å²) in [5.41, 5.74) is 2.93. The predicted octanol–water partition coefficient (Wildman–Crippen LogP) is 3.02. The average molecular weight is 281 g/mol. The van der Waals surface area contributed by atoms with Crippen LogP contribution in [0, 0.1) is 0 Å². The van der Waals surface area contributed by atoms with Crippen LogP contribution in [0.4, 0.5) is 0 Å². The third-order valence-corrected chi connectivity index (χ3v) is 3.32. The van der Waals surface area contributed by atoms with E-state index in [1.54, 1.807) is 18.2 Å². The molecule has 0 spiro atoms. The van der Waals surface area contributed by atoms with E-state index in [2.05, 4.69) is 4.98 Å². The van der Waals surface area contributed by atoms with E-state index in [-0.39, 0.29) is 19.2 Å². The van der Waals surface area contributed by atoms with Gasteiger partial charge in [0.25, 0.3) is 0 Å². The molecule has 0 radical (unpaired) electrons. The minimum Gasteiger partial charge on any atom is -0.457 e. The van der Waals surface area contributed by atoms with Crippen LogP contribution in [0.3, 0.4) is 0 Å². The van der Waals surface area contributed by atoms with E-state index < -0.39 is 0 Å². The Bertz CT molecular complexity index is 762. The van der Waals surface area contributed by atoms with Crippen molar-refractivity contribution in [3.05, 3.63) is 71.4 Å². The summed E-state index contributed by atoms with van der Waals surface area (Å²) in [4.78, 5) is 15.3. The molecule has 0 saturated heterocycles. The number of hydrogen-bond donors (Lipinski definition) is 2. The van der Waals surface area contributed by atoms with Gasteiger partial charge in [0, 0.05) is 16.6 Å². The number of esters is 1. The summed E-state index contributed by atoms with van der Waals surface area (Å²) in [6.45, 7) is 0.153. The minimum atomic E-state index is -0.368. The van der Waals surface area contributed by atoms with Crippen LogP contribution in [0.25, 0.3) is 10.9 Å². The Balaban J connectivity index is 1.82. The quantitative estimate of drug-likeness (QED) is 0.723. The molecule has 0 unspecified atom stereocenters. The first-order chi connectivity index (χ1) is 10.3. The fourth-order valence-corrected chi connectivity index (χ4v) is 2.28. The third-order valence-electron chi connectivity index (χ3n) is 3.32. The van der Waals surface area contributed by atoms with Gasteiger partial charge >= 0.3 is 5.97 Å². The SMILES string of the molecule is O=C(OCc1ccccc1)c1cccc2[nH]c(CO)cc12. The lowest BCUT2D eigenvalue weighted by Crippen LogP contribution is -2.05. The van der Waals surface area contributed by atoms with Gasteiger partial charge in [-0.1, -0.05) is 36.4 Å². The normalized spacial score (nSPS) is 10.7. The number of nitrogens with one attached hydrogen (secondary N) is 1. The minimum absolute atomic E-state index is 0.0901. The van der Waals surface area contributed by atoms with E-state index >= 15 is 0 Å². The number of benzene rings is 2. The maximum Gasteiger partial charge on any atom is 0.339 e. The highest BCUT2D eigenvalue weighted by Gasteiger charge is 2.13. The molecule has 0 aliphatic carbocycles. The molecule has 0 bridgehead atoms. The van der Waals surface area contributed by atoms with Crippen LogP contribution in [-0.4, -0.2) is 16.1 Å². The molecule has 2 aromatic carbocycles. The maximum absolute atomic E-state index is 12.2. The highest BCUT2D eigenvalue weighted by atomic mass is 16.5. The molecule has 3 aromatic rings. The number of H-pyrrole nitrogens is 1. The lowest BCUT2D eigenvalue weighted by molar-refractivity contribution is 0.0475. The van der Waals surface area contributed by atoms with Crippen molar-refractivity contribution in [2.45, 2.75) is 13.2 Å². The maximum atomic E-state index is 12.2. The summed E-state index contributed by atoms with van der Waals surface area (Å²) in [6.07, 6.45) is 0. The van der Waals surface area contributed by atoms with Gasteiger partial charge in [-0.3, -0.25) is 0 Å². The molecule has 0 atom stereocenters. The number of aliphatic hydroxyl groups excluding tert-OH is 1. The molecule has 0 fully saturated rings. The van der Waals surface area contributed by atoms with Gasteiger partial charge in [0.05, 0.1) is 12.2 Å². The van der Waals surface area contributed by atoms with E-state index in [0.29, 0.717) is 11.3 Å². The van der Waals surface area contributed by atoms with Gasteiger partial charge in [0.15, 0.2) is 0 Å². The molecule has 0 amide bonds. The van der Waals surface area contributed by atoms with Crippen LogP contribution in [0.2, 0.25) is 0 Å². The first kappa shape index (κ1) is 13.4. The van der Waals surface area contributed by atoms with Crippen LogP contribution >= 0.6 is 0 Å². The number of rotatable bonds is 4. The largest absolute Gasteiger partial charge is 0.457 e. The molecule has 21 heavy (non-hydrogen) atoms. The molecular weight excluding hydrogens is 266 g/mol. The lowest BCUT2D eigenvalue weighted by Gasteiger charge is -2.05. The van der Waals surface area contributed by atoms with E-state index in [1.807, 2.05) is 36.4 Å². The molecule has 3 rings (SSSR count). The van der Waals surface area contributed by atoms with Crippen molar-refractivity contribution in [1.29, 1.82) is 0 Å².